The highest BCUT2D eigenvalue weighted by atomic mass is 35.5. The minimum absolute atomic E-state index is 0.219. The maximum Gasteiger partial charge on any atom is 0.313 e. The van der Waals surface area contributed by atoms with Crippen LogP contribution in [0.4, 0.5) is 5.69 Å². The SMILES string of the molecule is C[C@@H](Cc1ccco1)NC(=O)C(=O)Nc1ccc(Cl)c(C#N)c1. The number of hydrogen-bond donors (Lipinski definition) is 2. The number of rotatable bonds is 4. The van der Waals surface area contributed by atoms with Crippen LogP contribution in [0.5, 0.6) is 0 Å². The fourth-order valence-corrected chi connectivity index (χ4v) is 2.11. The first-order valence-corrected chi connectivity index (χ1v) is 7.21. The molecule has 7 heteroatoms. The van der Waals surface area contributed by atoms with E-state index in [4.69, 9.17) is 21.3 Å². The summed E-state index contributed by atoms with van der Waals surface area (Å²) in [6.45, 7) is 1.77. The van der Waals surface area contributed by atoms with E-state index < -0.39 is 11.8 Å². The molecule has 1 aromatic heterocycles. The molecule has 118 valence electrons. The van der Waals surface area contributed by atoms with Gasteiger partial charge in [-0.3, -0.25) is 9.59 Å². The predicted molar refractivity (Wildman–Crippen MR) is 84.8 cm³/mol. The average Bonchev–Trinajstić information content (AvgIpc) is 3.01. The van der Waals surface area contributed by atoms with Gasteiger partial charge < -0.3 is 15.1 Å². The maximum absolute atomic E-state index is 11.9. The van der Waals surface area contributed by atoms with Gasteiger partial charge in [-0.1, -0.05) is 11.6 Å². The van der Waals surface area contributed by atoms with E-state index in [2.05, 4.69) is 10.6 Å². The molecule has 0 fully saturated rings. The van der Waals surface area contributed by atoms with Crippen LogP contribution in [0.3, 0.4) is 0 Å². The first kappa shape index (κ1) is 16.6. The van der Waals surface area contributed by atoms with Gasteiger partial charge in [0.25, 0.3) is 0 Å². The lowest BCUT2D eigenvalue weighted by Gasteiger charge is -2.12. The van der Waals surface area contributed by atoms with E-state index in [1.165, 1.54) is 18.2 Å². The van der Waals surface area contributed by atoms with Crippen molar-refractivity contribution in [1.29, 1.82) is 5.26 Å². The number of carbonyl (C=O) groups excluding carboxylic acids is 2. The summed E-state index contributed by atoms with van der Waals surface area (Å²) in [5.74, 6) is -0.866. The number of nitrogens with one attached hydrogen (secondary N) is 2. The molecule has 0 aliphatic rings. The monoisotopic (exact) mass is 331 g/mol. The molecular formula is C16H14ClN3O3. The molecule has 2 rings (SSSR count). The van der Waals surface area contributed by atoms with Crippen molar-refractivity contribution in [3.8, 4) is 6.07 Å². The van der Waals surface area contributed by atoms with Crippen molar-refractivity contribution in [2.75, 3.05) is 5.32 Å². The van der Waals surface area contributed by atoms with Crippen LogP contribution in [0.15, 0.2) is 41.0 Å². The van der Waals surface area contributed by atoms with Crippen LogP contribution in [0.2, 0.25) is 5.02 Å². The summed E-state index contributed by atoms with van der Waals surface area (Å²) in [4.78, 5) is 23.7. The summed E-state index contributed by atoms with van der Waals surface area (Å²) in [6, 6.07) is 9.58. The third-order valence-electron chi connectivity index (χ3n) is 3.02. The minimum atomic E-state index is -0.817. The number of benzene rings is 1. The number of nitriles is 1. The fraction of sp³-hybridized carbons (Fsp3) is 0.188. The average molecular weight is 332 g/mol. The quantitative estimate of drug-likeness (QED) is 0.841. The lowest BCUT2D eigenvalue weighted by atomic mass is 10.2. The molecule has 2 aromatic rings. The Morgan fingerprint density at radius 1 is 1.35 bits per heavy atom. The molecule has 1 atom stereocenters. The number of hydrogen-bond acceptors (Lipinski definition) is 4. The highest BCUT2D eigenvalue weighted by Crippen LogP contribution is 2.19. The van der Waals surface area contributed by atoms with E-state index in [9.17, 15) is 9.59 Å². The minimum Gasteiger partial charge on any atom is -0.469 e. The number of halogens is 1. The van der Waals surface area contributed by atoms with Gasteiger partial charge in [0, 0.05) is 18.2 Å². The van der Waals surface area contributed by atoms with Gasteiger partial charge in [-0.2, -0.15) is 5.26 Å². The van der Waals surface area contributed by atoms with Crippen molar-refractivity contribution in [2.45, 2.75) is 19.4 Å². The second-order valence-corrected chi connectivity index (χ2v) is 5.33. The van der Waals surface area contributed by atoms with Gasteiger partial charge in [-0.15, -0.1) is 0 Å². The predicted octanol–water partition coefficient (Wildman–Crippen LogP) is 2.49. The Hall–Kier alpha value is -2.78. The van der Waals surface area contributed by atoms with Gasteiger partial charge in [0.1, 0.15) is 11.8 Å². The van der Waals surface area contributed by atoms with Crippen LogP contribution in [0.1, 0.15) is 18.2 Å². The summed E-state index contributed by atoms with van der Waals surface area (Å²) in [5.41, 5.74) is 0.542. The van der Waals surface area contributed by atoms with Crippen LogP contribution in [-0.4, -0.2) is 17.9 Å². The van der Waals surface area contributed by atoms with Gasteiger partial charge in [0.2, 0.25) is 0 Å². The Bertz CT molecular complexity index is 750. The summed E-state index contributed by atoms with van der Waals surface area (Å²) in [6.07, 6.45) is 2.02. The Balaban J connectivity index is 1.92. The molecule has 0 aliphatic carbocycles. The molecule has 0 unspecified atom stereocenters. The second kappa shape index (κ2) is 7.47. The zero-order valence-corrected chi connectivity index (χ0v) is 13.1. The van der Waals surface area contributed by atoms with Crippen molar-refractivity contribution in [3.63, 3.8) is 0 Å². The van der Waals surface area contributed by atoms with Crippen molar-refractivity contribution < 1.29 is 14.0 Å². The highest BCUT2D eigenvalue weighted by Gasteiger charge is 2.17. The third kappa shape index (κ3) is 4.59. The fourth-order valence-electron chi connectivity index (χ4n) is 1.95. The molecule has 2 amide bonds. The molecule has 0 aliphatic heterocycles. The maximum atomic E-state index is 11.9. The smallest absolute Gasteiger partial charge is 0.313 e. The summed E-state index contributed by atoms with van der Waals surface area (Å²) < 4.78 is 5.18. The molecule has 0 bridgehead atoms. The zero-order valence-electron chi connectivity index (χ0n) is 12.3. The number of carbonyl (C=O) groups is 2. The Kier molecular flexibility index (Phi) is 5.39. The number of furan rings is 1. The Morgan fingerprint density at radius 3 is 2.78 bits per heavy atom. The van der Waals surface area contributed by atoms with E-state index >= 15 is 0 Å². The molecule has 1 aromatic carbocycles. The van der Waals surface area contributed by atoms with Crippen LogP contribution in [0.25, 0.3) is 0 Å². The number of anilines is 1. The van der Waals surface area contributed by atoms with Gasteiger partial charge >= 0.3 is 11.8 Å². The van der Waals surface area contributed by atoms with E-state index in [0.717, 1.165) is 5.76 Å². The summed E-state index contributed by atoms with van der Waals surface area (Å²) in [5, 5.41) is 14.2. The number of nitrogens with zero attached hydrogens (tertiary/aromatic N) is 1. The van der Waals surface area contributed by atoms with Gasteiger partial charge in [0.15, 0.2) is 0 Å². The molecule has 23 heavy (non-hydrogen) atoms. The molecule has 0 saturated carbocycles. The van der Waals surface area contributed by atoms with Gasteiger partial charge in [-0.05, 0) is 37.3 Å². The molecular weight excluding hydrogens is 318 g/mol. The molecule has 6 nitrogen and oxygen atoms in total. The van der Waals surface area contributed by atoms with E-state index in [1.807, 2.05) is 6.07 Å². The molecule has 0 spiro atoms. The van der Waals surface area contributed by atoms with E-state index in [1.54, 1.807) is 25.3 Å². The lowest BCUT2D eigenvalue weighted by Crippen LogP contribution is -2.41. The Labute approximate surface area is 138 Å². The van der Waals surface area contributed by atoms with Crippen LogP contribution in [0, 0.1) is 11.3 Å². The van der Waals surface area contributed by atoms with Gasteiger partial charge in [0.05, 0.1) is 16.8 Å². The lowest BCUT2D eigenvalue weighted by molar-refractivity contribution is -0.136. The molecule has 0 saturated heterocycles. The normalized spacial score (nSPS) is 11.3. The van der Waals surface area contributed by atoms with E-state index in [-0.39, 0.29) is 16.6 Å². The topological polar surface area (TPSA) is 95.1 Å². The van der Waals surface area contributed by atoms with Crippen LogP contribution in [-0.2, 0) is 16.0 Å². The van der Waals surface area contributed by atoms with E-state index in [0.29, 0.717) is 12.1 Å². The standard InChI is InChI=1S/C16H14ClN3O3/c1-10(7-13-3-2-6-23-13)19-15(21)16(22)20-12-4-5-14(17)11(8-12)9-18/h2-6,8,10H,7H2,1H3,(H,19,21)(H,20,22)/t10-/m0/s1. The molecule has 0 radical (unpaired) electrons. The van der Waals surface area contributed by atoms with Crippen molar-refractivity contribution in [3.05, 3.63) is 52.9 Å². The van der Waals surface area contributed by atoms with Crippen LogP contribution >= 0.6 is 11.6 Å². The highest BCUT2D eigenvalue weighted by molar-refractivity contribution is 6.39. The first-order valence-electron chi connectivity index (χ1n) is 6.83. The van der Waals surface area contributed by atoms with Crippen molar-refractivity contribution >= 4 is 29.1 Å². The van der Waals surface area contributed by atoms with Crippen LogP contribution < -0.4 is 10.6 Å². The Morgan fingerprint density at radius 2 is 2.13 bits per heavy atom. The van der Waals surface area contributed by atoms with Crippen molar-refractivity contribution in [2.24, 2.45) is 0 Å². The summed E-state index contributed by atoms with van der Waals surface area (Å²) in [7, 11) is 0. The second-order valence-electron chi connectivity index (χ2n) is 4.92. The third-order valence-corrected chi connectivity index (χ3v) is 3.35. The molecule has 2 N–H and O–H groups in total. The zero-order chi connectivity index (χ0) is 16.8. The largest absolute Gasteiger partial charge is 0.469 e. The number of amides is 2. The molecule has 1 heterocycles. The van der Waals surface area contributed by atoms with Gasteiger partial charge in [-0.25, -0.2) is 0 Å². The van der Waals surface area contributed by atoms with Crippen molar-refractivity contribution in [1.82, 2.24) is 5.32 Å². The first-order chi connectivity index (χ1) is 11.0. The summed E-state index contributed by atoms with van der Waals surface area (Å²) >= 11 is 5.81.